The fourth-order valence-corrected chi connectivity index (χ4v) is 2.54. The number of hydrogen-bond donors (Lipinski definition) is 0. The first-order valence-corrected chi connectivity index (χ1v) is 7.49. The lowest BCUT2D eigenvalue weighted by Gasteiger charge is -2.12. The molecule has 2 aliphatic heterocycles. The molecule has 9 heteroatoms. The molecule has 2 aromatic rings. The highest BCUT2D eigenvalue weighted by molar-refractivity contribution is 6.20. The predicted molar refractivity (Wildman–Crippen MR) is 86.6 cm³/mol. The molecule has 0 bridgehead atoms. The van der Waals surface area contributed by atoms with E-state index in [0.717, 1.165) is 0 Å². The molecule has 0 unspecified atom stereocenters. The fraction of sp³-hybridized carbons (Fsp3) is 0.250. The van der Waals surface area contributed by atoms with Gasteiger partial charge < -0.3 is 37.7 Å². The Kier molecular flexibility index (Phi) is 3.97. The molecule has 0 saturated heterocycles. The van der Waals surface area contributed by atoms with Gasteiger partial charge in [-0.25, -0.2) is 0 Å². The summed E-state index contributed by atoms with van der Waals surface area (Å²) in [5, 5.41) is 0. The van der Waals surface area contributed by atoms with Gasteiger partial charge in [-0.05, 0) is 0 Å². The third kappa shape index (κ3) is 2.88. The normalized spacial score (nSPS) is 13.4. The molecule has 0 amide bonds. The number of benzene rings is 2. The minimum atomic E-state index is -0.0222. The zero-order valence-electron chi connectivity index (χ0n) is 13.7. The van der Waals surface area contributed by atoms with Crippen LogP contribution in [-0.2, 0) is 0 Å². The van der Waals surface area contributed by atoms with E-state index in [1.165, 1.54) is 0 Å². The highest BCUT2D eigenvalue weighted by atomic mass is 16.7. The first kappa shape index (κ1) is 15.4. The van der Waals surface area contributed by atoms with Gasteiger partial charge in [-0.1, -0.05) is 0 Å². The van der Waals surface area contributed by atoms with Crippen LogP contribution >= 0.6 is 0 Å². The van der Waals surface area contributed by atoms with Crippen LogP contribution in [-0.4, -0.2) is 35.5 Å². The van der Waals surface area contributed by atoms with E-state index in [9.17, 15) is 0 Å². The Morgan fingerprint density at radius 3 is 1.64 bits per heavy atom. The van der Waals surface area contributed by atoms with Crippen molar-refractivity contribution in [3.05, 3.63) is 24.3 Å². The lowest BCUT2D eigenvalue weighted by molar-refractivity contribution is 0.171. The van der Waals surface area contributed by atoms with Crippen LogP contribution in [0, 0.1) is 0 Å². The Morgan fingerprint density at radius 2 is 1.20 bits per heavy atom. The van der Waals surface area contributed by atoms with Crippen molar-refractivity contribution in [2.75, 3.05) is 27.8 Å². The topological polar surface area (TPSA) is 73.8 Å². The first-order valence-electron chi connectivity index (χ1n) is 7.49. The highest BCUT2D eigenvalue weighted by Gasteiger charge is 2.22. The van der Waals surface area contributed by atoms with E-state index in [1.807, 2.05) is 0 Å². The Morgan fingerprint density at radius 1 is 0.720 bits per heavy atom. The van der Waals surface area contributed by atoms with Crippen molar-refractivity contribution in [1.29, 1.82) is 0 Å². The van der Waals surface area contributed by atoms with E-state index >= 15 is 0 Å². The average Bonchev–Trinajstić information content (AvgIpc) is 3.29. The van der Waals surface area contributed by atoms with Crippen molar-refractivity contribution in [3.8, 4) is 46.0 Å². The Labute approximate surface area is 144 Å². The SMILES string of the molecule is COc1cc(OBOc2cc(OC)c3c(c2)OCO3)cc2c1OCO2. The van der Waals surface area contributed by atoms with Gasteiger partial charge in [0.15, 0.2) is 23.0 Å². The van der Waals surface area contributed by atoms with Crippen molar-refractivity contribution < 1.29 is 37.7 Å². The lowest BCUT2D eigenvalue weighted by atomic mass is 10.2. The summed E-state index contributed by atoms with van der Waals surface area (Å²) in [6, 6.07) is 6.84. The van der Waals surface area contributed by atoms with E-state index in [2.05, 4.69) is 0 Å². The largest absolute Gasteiger partial charge is 0.576 e. The minimum Gasteiger partial charge on any atom is -0.528 e. The van der Waals surface area contributed by atoms with Gasteiger partial charge in [0.2, 0.25) is 25.1 Å². The van der Waals surface area contributed by atoms with Crippen LogP contribution < -0.4 is 37.7 Å². The van der Waals surface area contributed by atoms with Gasteiger partial charge in [0.05, 0.1) is 14.2 Å². The average molecular weight is 346 g/mol. The smallest absolute Gasteiger partial charge is 0.528 e. The summed E-state index contributed by atoms with van der Waals surface area (Å²) in [5.74, 6) is 4.41. The molecule has 0 fully saturated rings. The number of methoxy groups -OCH3 is 2. The lowest BCUT2D eigenvalue weighted by Crippen LogP contribution is -2.11. The van der Waals surface area contributed by atoms with Gasteiger partial charge in [-0.15, -0.1) is 0 Å². The van der Waals surface area contributed by atoms with Crippen LogP contribution in [0.1, 0.15) is 0 Å². The monoisotopic (exact) mass is 346 g/mol. The molecule has 2 heterocycles. The Bertz CT molecular complexity index is 729. The molecular formula is C16H15BO8. The van der Waals surface area contributed by atoms with E-state index in [4.69, 9.17) is 37.7 Å². The van der Waals surface area contributed by atoms with Gasteiger partial charge in [0, 0.05) is 24.3 Å². The molecule has 0 radical (unpaired) electrons. The number of ether oxygens (including phenoxy) is 6. The first-order chi connectivity index (χ1) is 12.3. The maximum absolute atomic E-state index is 5.62. The van der Waals surface area contributed by atoms with E-state index in [1.54, 1.807) is 38.5 Å². The van der Waals surface area contributed by atoms with E-state index < -0.39 is 0 Å². The zero-order chi connectivity index (χ0) is 17.2. The second-order valence-corrected chi connectivity index (χ2v) is 5.13. The van der Waals surface area contributed by atoms with Crippen LogP contribution in [0.3, 0.4) is 0 Å². The minimum absolute atomic E-state index is 0.0222. The standard InChI is InChI=1S/C16H15BO8/c1-18-11-3-9(5-13-15(11)22-7-20-13)24-17-25-10-4-12(19-2)16-14(6-10)21-8-23-16/h3-6,17H,7-8H2,1-2H3. The maximum atomic E-state index is 5.62. The van der Waals surface area contributed by atoms with Crippen LogP contribution in [0.15, 0.2) is 24.3 Å². The van der Waals surface area contributed by atoms with Crippen molar-refractivity contribution >= 4 is 7.69 Å². The predicted octanol–water partition coefficient (Wildman–Crippen LogP) is 1.89. The molecule has 0 aromatic heterocycles. The van der Waals surface area contributed by atoms with Crippen LogP contribution in [0.2, 0.25) is 0 Å². The summed E-state index contributed by atoms with van der Waals surface area (Å²) in [6.07, 6.45) is 0. The molecule has 2 aromatic carbocycles. The molecule has 0 N–H and O–H groups in total. The molecule has 8 nitrogen and oxygen atoms in total. The fourth-order valence-electron chi connectivity index (χ4n) is 2.54. The number of rotatable bonds is 6. The molecule has 0 saturated carbocycles. The Balaban J connectivity index is 1.45. The van der Waals surface area contributed by atoms with Crippen LogP contribution in [0.25, 0.3) is 0 Å². The number of fused-ring (bicyclic) bond motifs is 2. The summed E-state index contributed by atoms with van der Waals surface area (Å²) in [6.45, 7) is 0.311. The maximum Gasteiger partial charge on any atom is 0.576 e. The molecule has 0 spiro atoms. The van der Waals surface area contributed by atoms with Gasteiger partial charge in [-0.2, -0.15) is 0 Å². The van der Waals surface area contributed by atoms with Gasteiger partial charge in [-0.3, -0.25) is 0 Å². The van der Waals surface area contributed by atoms with Crippen molar-refractivity contribution in [2.45, 2.75) is 0 Å². The summed E-state index contributed by atoms with van der Waals surface area (Å²) in [4.78, 5) is 0. The number of hydrogen-bond acceptors (Lipinski definition) is 8. The van der Waals surface area contributed by atoms with Gasteiger partial charge in [0.1, 0.15) is 11.5 Å². The zero-order valence-corrected chi connectivity index (χ0v) is 13.7. The van der Waals surface area contributed by atoms with Crippen LogP contribution in [0.4, 0.5) is 0 Å². The van der Waals surface area contributed by atoms with Crippen molar-refractivity contribution in [1.82, 2.24) is 0 Å². The summed E-state index contributed by atoms with van der Waals surface area (Å²) >= 11 is 0. The summed E-state index contributed by atoms with van der Waals surface area (Å²) in [5.41, 5.74) is 0. The quantitative estimate of drug-likeness (QED) is 0.735. The third-order valence-corrected chi connectivity index (χ3v) is 3.71. The highest BCUT2D eigenvalue weighted by Crippen LogP contribution is 2.45. The van der Waals surface area contributed by atoms with E-state index in [0.29, 0.717) is 46.0 Å². The summed E-state index contributed by atoms with van der Waals surface area (Å²) in [7, 11) is 3.08. The molecular weight excluding hydrogens is 331 g/mol. The molecule has 2 aliphatic rings. The van der Waals surface area contributed by atoms with Gasteiger partial charge in [0.25, 0.3) is 0 Å². The molecule has 130 valence electrons. The second-order valence-electron chi connectivity index (χ2n) is 5.13. The molecule has 0 aliphatic carbocycles. The van der Waals surface area contributed by atoms with Crippen molar-refractivity contribution in [3.63, 3.8) is 0 Å². The third-order valence-electron chi connectivity index (χ3n) is 3.71. The van der Waals surface area contributed by atoms with E-state index in [-0.39, 0.29) is 21.3 Å². The summed E-state index contributed by atoms with van der Waals surface area (Å²) < 4.78 is 43.2. The van der Waals surface area contributed by atoms with Crippen molar-refractivity contribution in [2.24, 2.45) is 0 Å². The molecule has 25 heavy (non-hydrogen) atoms. The second kappa shape index (κ2) is 6.42. The molecule has 4 rings (SSSR count). The Hall–Kier alpha value is -3.10. The molecule has 0 atom stereocenters. The van der Waals surface area contributed by atoms with Gasteiger partial charge >= 0.3 is 7.69 Å². The van der Waals surface area contributed by atoms with Crippen LogP contribution in [0.5, 0.6) is 46.0 Å².